The van der Waals surface area contributed by atoms with Crippen LogP contribution in [0.15, 0.2) is 41.5 Å². The van der Waals surface area contributed by atoms with E-state index in [1.165, 1.54) is 17.0 Å². The molecule has 4 heteroatoms. The Labute approximate surface area is 97.4 Å². The molecule has 0 aliphatic rings. The molecule has 2 nitrogen and oxygen atoms in total. The van der Waals surface area contributed by atoms with Gasteiger partial charge >= 0.3 is 0 Å². The van der Waals surface area contributed by atoms with Crippen molar-refractivity contribution < 1.29 is 4.39 Å². The van der Waals surface area contributed by atoms with Gasteiger partial charge in [-0.15, -0.1) is 11.3 Å². The summed E-state index contributed by atoms with van der Waals surface area (Å²) in [5.41, 5.74) is 3.61. The molecule has 0 spiro atoms. The van der Waals surface area contributed by atoms with Crippen LogP contribution in [-0.2, 0) is 0 Å². The molecule has 0 atom stereocenters. The van der Waals surface area contributed by atoms with Gasteiger partial charge in [0, 0.05) is 9.75 Å². The Morgan fingerprint density at radius 2 is 1.94 bits per heavy atom. The Balaban J connectivity index is 1.97. The number of nitrogens with zero attached hydrogens (tertiary/aromatic N) is 1. The van der Waals surface area contributed by atoms with Crippen LogP contribution in [0, 0.1) is 12.7 Å². The van der Waals surface area contributed by atoms with Gasteiger partial charge in [0.25, 0.3) is 0 Å². The Kier molecular flexibility index (Phi) is 3.31. The minimum Gasteiger partial charge on any atom is -0.278 e. The van der Waals surface area contributed by atoms with Crippen molar-refractivity contribution in [2.24, 2.45) is 5.10 Å². The highest BCUT2D eigenvalue weighted by atomic mass is 32.1. The van der Waals surface area contributed by atoms with Crippen molar-refractivity contribution in [1.82, 2.24) is 0 Å². The Bertz CT molecular complexity index is 488. The Hall–Kier alpha value is -1.68. The second kappa shape index (κ2) is 4.90. The fourth-order valence-corrected chi connectivity index (χ4v) is 1.97. The molecular formula is C12H11FN2S. The molecule has 0 amide bonds. The Morgan fingerprint density at radius 1 is 1.19 bits per heavy atom. The molecule has 0 bridgehead atoms. The molecule has 2 rings (SSSR count). The monoisotopic (exact) mass is 234 g/mol. The minimum atomic E-state index is -0.247. The lowest BCUT2D eigenvalue weighted by Crippen LogP contribution is -1.89. The van der Waals surface area contributed by atoms with E-state index in [9.17, 15) is 4.39 Å². The lowest BCUT2D eigenvalue weighted by Gasteiger charge is -1.98. The van der Waals surface area contributed by atoms with E-state index < -0.39 is 0 Å². The molecule has 0 unspecified atom stereocenters. The first-order valence-electron chi connectivity index (χ1n) is 4.85. The van der Waals surface area contributed by atoms with Crippen molar-refractivity contribution in [3.8, 4) is 0 Å². The van der Waals surface area contributed by atoms with E-state index in [4.69, 9.17) is 0 Å². The molecule has 0 aliphatic heterocycles. The van der Waals surface area contributed by atoms with Crippen LogP contribution < -0.4 is 5.43 Å². The third-order valence-corrected chi connectivity index (χ3v) is 2.93. The molecule has 1 N–H and O–H groups in total. The number of hydrazone groups is 1. The van der Waals surface area contributed by atoms with E-state index >= 15 is 0 Å². The predicted molar refractivity (Wildman–Crippen MR) is 66.7 cm³/mol. The number of thiophene rings is 1. The van der Waals surface area contributed by atoms with Crippen molar-refractivity contribution in [3.05, 3.63) is 52.0 Å². The van der Waals surface area contributed by atoms with Crippen molar-refractivity contribution >= 4 is 23.2 Å². The zero-order valence-corrected chi connectivity index (χ0v) is 9.59. The fourth-order valence-electron chi connectivity index (χ4n) is 1.22. The highest BCUT2D eigenvalue weighted by molar-refractivity contribution is 7.13. The van der Waals surface area contributed by atoms with Gasteiger partial charge in [0.1, 0.15) is 5.82 Å². The molecule has 0 saturated carbocycles. The van der Waals surface area contributed by atoms with E-state index in [1.54, 1.807) is 29.7 Å². The van der Waals surface area contributed by atoms with Crippen molar-refractivity contribution in [2.75, 3.05) is 5.43 Å². The zero-order valence-electron chi connectivity index (χ0n) is 8.77. The van der Waals surface area contributed by atoms with Gasteiger partial charge in [0.2, 0.25) is 0 Å². The van der Waals surface area contributed by atoms with Crippen LogP contribution in [-0.4, -0.2) is 6.21 Å². The second-order valence-electron chi connectivity index (χ2n) is 3.33. The highest BCUT2D eigenvalue weighted by Crippen LogP contribution is 2.13. The average molecular weight is 234 g/mol. The van der Waals surface area contributed by atoms with Gasteiger partial charge in [-0.2, -0.15) is 5.10 Å². The molecule has 1 heterocycles. The summed E-state index contributed by atoms with van der Waals surface area (Å²) in [6.07, 6.45) is 1.75. The maximum atomic E-state index is 12.6. The molecule has 16 heavy (non-hydrogen) atoms. The molecule has 1 aromatic carbocycles. The lowest BCUT2D eigenvalue weighted by atomic mass is 10.3. The van der Waals surface area contributed by atoms with Gasteiger partial charge in [-0.05, 0) is 43.3 Å². The molecule has 0 radical (unpaired) electrons. The van der Waals surface area contributed by atoms with E-state index in [1.807, 2.05) is 12.1 Å². The van der Waals surface area contributed by atoms with E-state index in [-0.39, 0.29) is 5.82 Å². The maximum Gasteiger partial charge on any atom is 0.123 e. The van der Waals surface area contributed by atoms with Crippen molar-refractivity contribution in [2.45, 2.75) is 6.92 Å². The molecule has 0 aliphatic carbocycles. The summed E-state index contributed by atoms with van der Waals surface area (Å²) in [5.74, 6) is -0.247. The summed E-state index contributed by atoms with van der Waals surface area (Å²) in [6, 6.07) is 10.1. The predicted octanol–water partition coefficient (Wildman–Crippen LogP) is 3.64. The van der Waals surface area contributed by atoms with Crippen LogP contribution in [0.3, 0.4) is 0 Å². The number of anilines is 1. The molecule has 0 saturated heterocycles. The van der Waals surface area contributed by atoms with Crippen LogP contribution in [0.2, 0.25) is 0 Å². The van der Waals surface area contributed by atoms with Gasteiger partial charge in [-0.25, -0.2) is 4.39 Å². The van der Waals surface area contributed by atoms with E-state index in [0.717, 1.165) is 10.6 Å². The first-order chi connectivity index (χ1) is 7.74. The first-order valence-corrected chi connectivity index (χ1v) is 5.67. The highest BCUT2D eigenvalue weighted by Gasteiger charge is 1.92. The number of benzene rings is 1. The Morgan fingerprint density at radius 3 is 2.56 bits per heavy atom. The molecule has 2 aromatic rings. The molecule has 0 fully saturated rings. The fraction of sp³-hybridized carbons (Fsp3) is 0.0833. The quantitative estimate of drug-likeness (QED) is 0.636. The SMILES string of the molecule is Cc1ccc(/C=N/Nc2ccc(F)cc2)s1. The minimum absolute atomic E-state index is 0.247. The van der Waals surface area contributed by atoms with Crippen LogP contribution in [0.4, 0.5) is 10.1 Å². The summed E-state index contributed by atoms with van der Waals surface area (Å²) in [7, 11) is 0. The van der Waals surface area contributed by atoms with Gasteiger partial charge < -0.3 is 0 Å². The largest absolute Gasteiger partial charge is 0.278 e. The van der Waals surface area contributed by atoms with Crippen LogP contribution in [0.5, 0.6) is 0 Å². The topological polar surface area (TPSA) is 24.4 Å². The lowest BCUT2D eigenvalue weighted by molar-refractivity contribution is 0.628. The number of aryl methyl sites for hydroxylation is 1. The molecule has 82 valence electrons. The van der Waals surface area contributed by atoms with Crippen molar-refractivity contribution in [3.63, 3.8) is 0 Å². The normalized spacial score (nSPS) is 10.9. The van der Waals surface area contributed by atoms with E-state index in [2.05, 4.69) is 17.5 Å². The molecular weight excluding hydrogens is 223 g/mol. The van der Waals surface area contributed by atoms with Gasteiger partial charge in [0.05, 0.1) is 11.9 Å². The van der Waals surface area contributed by atoms with Gasteiger partial charge in [-0.1, -0.05) is 0 Å². The van der Waals surface area contributed by atoms with Crippen LogP contribution in [0.25, 0.3) is 0 Å². The number of halogens is 1. The molecule has 1 aromatic heterocycles. The standard InChI is InChI=1S/C12H11FN2S/c1-9-2-7-12(16-9)8-14-15-11-5-3-10(13)4-6-11/h2-8,15H,1H3/b14-8+. The summed E-state index contributed by atoms with van der Waals surface area (Å²) in [5, 5.41) is 4.07. The second-order valence-corrected chi connectivity index (χ2v) is 4.64. The smallest absolute Gasteiger partial charge is 0.123 e. The average Bonchev–Trinajstić information content (AvgIpc) is 2.67. The van der Waals surface area contributed by atoms with E-state index in [0.29, 0.717) is 0 Å². The summed E-state index contributed by atoms with van der Waals surface area (Å²) in [6.45, 7) is 2.05. The summed E-state index contributed by atoms with van der Waals surface area (Å²) >= 11 is 1.68. The van der Waals surface area contributed by atoms with Crippen LogP contribution >= 0.6 is 11.3 Å². The van der Waals surface area contributed by atoms with Crippen molar-refractivity contribution in [1.29, 1.82) is 0 Å². The number of rotatable bonds is 3. The third-order valence-electron chi connectivity index (χ3n) is 1.99. The number of hydrogen-bond donors (Lipinski definition) is 1. The summed E-state index contributed by atoms with van der Waals surface area (Å²) in [4.78, 5) is 2.34. The summed E-state index contributed by atoms with van der Waals surface area (Å²) < 4.78 is 12.6. The first kappa shape index (κ1) is 10.8. The zero-order chi connectivity index (χ0) is 11.4. The maximum absolute atomic E-state index is 12.6. The number of hydrogen-bond acceptors (Lipinski definition) is 3. The number of nitrogens with one attached hydrogen (secondary N) is 1. The van der Waals surface area contributed by atoms with Gasteiger partial charge in [-0.3, -0.25) is 5.43 Å². The third kappa shape index (κ3) is 2.90. The van der Waals surface area contributed by atoms with Gasteiger partial charge in [0.15, 0.2) is 0 Å². The van der Waals surface area contributed by atoms with Crippen LogP contribution in [0.1, 0.15) is 9.75 Å².